The number of hydrogen-bond donors (Lipinski definition) is 0. The van der Waals surface area contributed by atoms with E-state index in [2.05, 4.69) is 15.1 Å². The van der Waals surface area contributed by atoms with Gasteiger partial charge in [0, 0.05) is 22.7 Å². The molecule has 6 heteroatoms. The molecule has 3 rings (SSSR count). The summed E-state index contributed by atoms with van der Waals surface area (Å²) < 4.78 is 0. The molecule has 0 saturated carbocycles. The topological polar surface area (TPSA) is 41.4 Å². The predicted octanol–water partition coefficient (Wildman–Crippen LogP) is 3.66. The van der Waals surface area contributed by atoms with Crippen LogP contribution < -0.4 is 5.01 Å². The molecule has 0 N–H and O–H groups in total. The van der Waals surface area contributed by atoms with Gasteiger partial charge in [0.15, 0.2) is 0 Å². The smallest absolute Gasteiger partial charge is 0.230 e. The predicted molar refractivity (Wildman–Crippen MR) is 89.3 cm³/mol. The van der Waals surface area contributed by atoms with Gasteiger partial charge in [-0.05, 0) is 26.0 Å². The van der Waals surface area contributed by atoms with E-state index in [9.17, 15) is 0 Å². The largest absolute Gasteiger partial charge is 0.246 e. The van der Waals surface area contributed by atoms with Gasteiger partial charge in [0.2, 0.25) is 5.95 Å². The van der Waals surface area contributed by atoms with Gasteiger partial charge < -0.3 is 0 Å². The maximum atomic E-state index is 6.26. The van der Waals surface area contributed by atoms with Crippen LogP contribution in [0.25, 0.3) is 0 Å². The van der Waals surface area contributed by atoms with Gasteiger partial charge in [-0.2, -0.15) is 5.10 Å². The van der Waals surface area contributed by atoms with Crippen molar-refractivity contribution < 1.29 is 0 Å². The number of halogens is 1. The SMILES string of the molecule is Cc1cc(C)nc(N2CCSC(c3ccccc3Cl)=N2)n1. The van der Waals surface area contributed by atoms with E-state index in [0.29, 0.717) is 11.0 Å². The molecular formula is C15H15ClN4S. The molecule has 0 saturated heterocycles. The zero-order chi connectivity index (χ0) is 14.8. The maximum Gasteiger partial charge on any atom is 0.246 e. The molecule has 1 aromatic heterocycles. The molecule has 0 fully saturated rings. The van der Waals surface area contributed by atoms with E-state index in [-0.39, 0.29) is 0 Å². The average molecular weight is 319 g/mol. The zero-order valence-electron chi connectivity index (χ0n) is 11.9. The van der Waals surface area contributed by atoms with Gasteiger partial charge in [0.1, 0.15) is 5.04 Å². The zero-order valence-corrected chi connectivity index (χ0v) is 13.4. The molecule has 1 aliphatic rings. The minimum atomic E-state index is 0.650. The van der Waals surface area contributed by atoms with Gasteiger partial charge in [0.25, 0.3) is 0 Å². The van der Waals surface area contributed by atoms with Crippen molar-refractivity contribution in [3.05, 3.63) is 52.3 Å². The summed E-state index contributed by atoms with van der Waals surface area (Å²) in [6, 6.07) is 9.72. The Kier molecular flexibility index (Phi) is 4.12. The lowest BCUT2D eigenvalue weighted by Gasteiger charge is -2.23. The van der Waals surface area contributed by atoms with Crippen LogP contribution in [-0.4, -0.2) is 27.3 Å². The lowest BCUT2D eigenvalue weighted by Crippen LogP contribution is -2.28. The molecule has 4 nitrogen and oxygen atoms in total. The third-order valence-corrected chi connectivity index (χ3v) is 4.35. The minimum absolute atomic E-state index is 0.650. The van der Waals surface area contributed by atoms with E-state index >= 15 is 0 Å². The van der Waals surface area contributed by atoms with E-state index in [4.69, 9.17) is 11.6 Å². The van der Waals surface area contributed by atoms with Gasteiger partial charge in [-0.15, -0.1) is 11.8 Å². The summed E-state index contributed by atoms with van der Waals surface area (Å²) in [7, 11) is 0. The Bertz CT molecular complexity index is 682. The first-order valence-corrected chi connectivity index (χ1v) is 8.06. The van der Waals surface area contributed by atoms with Gasteiger partial charge in [-0.1, -0.05) is 29.8 Å². The molecule has 0 bridgehead atoms. The Morgan fingerprint density at radius 1 is 1.14 bits per heavy atom. The van der Waals surface area contributed by atoms with Crippen molar-refractivity contribution in [1.82, 2.24) is 9.97 Å². The molecule has 0 unspecified atom stereocenters. The third kappa shape index (κ3) is 3.19. The van der Waals surface area contributed by atoms with Crippen LogP contribution in [0.5, 0.6) is 0 Å². The lowest BCUT2D eigenvalue weighted by molar-refractivity contribution is 0.831. The number of thioether (sulfide) groups is 1. The number of rotatable bonds is 2. The number of hydrazone groups is 1. The molecule has 0 atom stereocenters. The Morgan fingerprint density at radius 2 is 1.86 bits per heavy atom. The minimum Gasteiger partial charge on any atom is -0.230 e. The Balaban J connectivity index is 1.98. The number of hydrogen-bond acceptors (Lipinski definition) is 5. The van der Waals surface area contributed by atoms with Gasteiger partial charge >= 0.3 is 0 Å². The summed E-state index contributed by atoms with van der Waals surface area (Å²) >= 11 is 7.96. The standard InChI is InChI=1S/C15H15ClN4S/c1-10-9-11(2)18-15(17-10)20-7-8-21-14(19-20)12-5-3-4-6-13(12)16/h3-6,9H,7-8H2,1-2H3. The molecule has 0 amide bonds. The number of anilines is 1. The molecule has 1 aromatic carbocycles. The summed E-state index contributed by atoms with van der Waals surface area (Å²) in [4.78, 5) is 8.95. The van der Waals surface area contributed by atoms with Crippen LogP contribution in [0.15, 0.2) is 35.4 Å². The Hall–Kier alpha value is -1.59. The molecule has 2 heterocycles. The number of aryl methyl sites for hydroxylation is 2. The van der Waals surface area contributed by atoms with Crippen LogP contribution in [0, 0.1) is 13.8 Å². The van der Waals surface area contributed by atoms with Crippen molar-refractivity contribution in [3.8, 4) is 0 Å². The molecule has 2 aromatic rings. The Labute approximate surface area is 133 Å². The molecule has 108 valence electrons. The van der Waals surface area contributed by atoms with Crippen LogP contribution in [-0.2, 0) is 0 Å². The summed E-state index contributed by atoms with van der Waals surface area (Å²) in [6.45, 7) is 4.73. The van der Waals surface area contributed by atoms with Gasteiger partial charge in [-0.25, -0.2) is 15.0 Å². The highest BCUT2D eigenvalue weighted by Gasteiger charge is 2.19. The van der Waals surface area contributed by atoms with Crippen molar-refractivity contribution in [3.63, 3.8) is 0 Å². The third-order valence-electron chi connectivity index (χ3n) is 3.06. The van der Waals surface area contributed by atoms with Crippen LogP contribution >= 0.6 is 23.4 Å². The second kappa shape index (κ2) is 6.03. The van der Waals surface area contributed by atoms with Crippen LogP contribution in [0.1, 0.15) is 17.0 Å². The van der Waals surface area contributed by atoms with Crippen molar-refractivity contribution in [2.45, 2.75) is 13.8 Å². The highest BCUT2D eigenvalue weighted by atomic mass is 35.5. The number of nitrogens with zero attached hydrogens (tertiary/aromatic N) is 4. The molecule has 21 heavy (non-hydrogen) atoms. The molecule has 0 spiro atoms. The summed E-state index contributed by atoms with van der Waals surface area (Å²) in [6.07, 6.45) is 0. The second-order valence-corrected chi connectivity index (χ2v) is 6.30. The lowest BCUT2D eigenvalue weighted by atomic mass is 10.2. The molecule has 0 aliphatic carbocycles. The van der Waals surface area contributed by atoms with Crippen LogP contribution in [0.2, 0.25) is 5.02 Å². The second-order valence-electron chi connectivity index (χ2n) is 4.81. The first-order valence-electron chi connectivity index (χ1n) is 6.69. The van der Waals surface area contributed by atoms with E-state index in [0.717, 1.165) is 34.3 Å². The fraction of sp³-hybridized carbons (Fsp3) is 0.267. The van der Waals surface area contributed by atoms with Gasteiger partial charge in [0.05, 0.1) is 11.6 Å². The quantitative estimate of drug-likeness (QED) is 0.847. The fourth-order valence-corrected chi connectivity index (χ4v) is 3.38. The van der Waals surface area contributed by atoms with E-state index in [1.165, 1.54) is 0 Å². The maximum absolute atomic E-state index is 6.26. The summed E-state index contributed by atoms with van der Waals surface area (Å²) in [5.41, 5.74) is 2.86. The van der Waals surface area contributed by atoms with Crippen molar-refractivity contribution in [1.29, 1.82) is 0 Å². The first kappa shape index (κ1) is 14.4. The van der Waals surface area contributed by atoms with Crippen molar-refractivity contribution >= 4 is 34.4 Å². The Morgan fingerprint density at radius 3 is 2.57 bits per heavy atom. The average Bonchev–Trinajstić information content (AvgIpc) is 2.47. The van der Waals surface area contributed by atoms with Crippen molar-refractivity contribution in [2.24, 2.45) is 5.10 Å². The molecule has 0 radical (unpaired) electrons. The summed E-state index contributed by atoms with van der Waals surface area (Å²) in [5, 5.41) is 8.15. The number of benzene rings is 1. The summed E-state index contributed by atoms with van der Waals surface area (Å²) in [5.74, 6) is 1.58. The van der Waals surface area contributed by atoms with E-state index in [1.54, 1.807) is 11.8 Å². The van der Waals surface area contributed by atoms with Gasteiger partial charge in [-0.3, -0.25) is 0 Å². The van der Waals surface area contributed by atoms with Crippen molar-refractivity contribution in [2.75, 3.05) is 17.3 Å². The molecular weight excluding hydrogens is 304 g/mol. The normalized spacial score (nSPS) is 15.0. The molecule has 1 aliphatic heterocycles. The monoisotopic (exact) mass is 318 g/mol. The first-order chi connectivity index (χ1) is 10.1. The van der Waals surface area contributed by atoms with E-state index < -0.39 is 0 Å². The van der Waals surface area contributed by atoms with E-state index in [1.807, 2.05) is 49.2 Å². The highest BCUT2D eigenvalue weighted by Crippen LogP contribution is 2.26. The van der Waals surface area contributed by atoms with Crippen LogP contribution in [0.4, 0.5) is 5.95 Å². The number of aromatic nitrogens is 2. The fourth-order valence-electron chi connectivity index (χ4n) is 2.15. The highest BCUT2D eigenvalue weighted by molar-refractivity contribution is 8.14. The van der Waals surface area contributed by atoms with Crippen LogP contribution in [0.3, 0.4) is 0 Å².